The van der Waals surface area contributed by atoms with Crippen LogP contribution in [0.25, 0.3) is 11.3 Å². The third kappa shape index (κ3) is 5.16. The van der Waals surface area contributed by atoms with Gasteiger partial charge in [-0.1, -0.05) is 0 Å². The molecular weight excluding hydrogens is 384 g/mol. The Labute approximate surface area is 174 Å². The van der Waals surface area contributed by atoms with E-state index in [0.717, 1.165) is 16.9 Å². The second-order valence-electron chi connectivity index (χ2n) is 6.67. The molecule has 2 aromatic carbocycles. The van der Waals surface area contributed by atoms with Crippen LogP contribution in [0.1, 0.15) is 29.9 Å². The number of hydrazone groups is 1. The van der Waals surface area contributed by atoms with Crippen LogP contribution in [0.15, 0.2) is 53.6 Å². The molecule has 1 aromatic heterocycles. The van der Waals surface area contributed by atoms with Crippen LogP contribution in [0, 0.1) is 0 Å². The highest BCUT2D eigenvalue weighted by molar-refractivity contribution is 5.94. The Morgan fingerprint density at radius 1 is 1.07 bits per heavy atom. The van der Waals surface area contributed by atoms with Gasteiger partial charge in [-0.15, -0.1) is 0 Å². The van der Waals surface area contributed by atoms with Gasteiger partial charge in [0.15, 0.2) is 11.5 Å². The van der Waals surface area contributed by atoms with Crippen molar-refractivity contribution in [3.05, 3.63) is 59.8 Å². The topological polar surface area (TPSA) is 97.8 Å². The molecule has 0 saturated carbocycles. The minimum Gasteiger partial charge on any atom is -0.497 e. The highest BCUT2D eigenvalue weighted by Crippen LogP contribution is 2.32. The summed E-state index contributed by atoms with van der Waals surface area (Å²) in [5, 5.41) is 10.9. The van der Waals surface area contributed by atoms with E-state index in [9.17, 15) is 4.79 Å². The number of aromatic amines is 1. The van der Waals surface area contributed by atoms with Gasteiger partial charge < -0.3 is 14.2 Å². The molecule has 156 valence electrons. The summed E-state index contributed by atoms with van der Waals surface area (Å²) in [6.07, 6.45) is 1.58. The van der Waals surface area contributed by atoms with E-state index >= 15 is 0 Å². The first-order valence-electron chi connectivity index (χ1n) is 9.38. The second kappa shape index (κ2) is 9.60. The minimum atomic E-state index is -0.398. The quantitative estimate of drug-likeness (QED) is 0.438. The first-order valence-corrected chi connectivity index (χ1v) is 9.38. The van der Waals surface area contributed by atoms with E-state index in [1.807, 2.05) is 56.3 Å². The molecule has 3 rings (SSSR count). The average Bonchev–Trinajstić information content (AvgIpc) is 3.24. The van der Waals surface area contributed by atoms with E-state index in [1.165, 1.54) is 0 Å². The van der Waals surface area contributed by atoms with Gasteiger partial charge in [-0.3, -0.25) is 9.89 Å². The summed E-state index contributed by atoms with van der Waals surface area (Å²) < 4.78 is 16.2. The SMILES string of the molecule is COc1ccc(C=NNC(=O)c2cc(-c3ccc(OC(C)C)c(OC)c3)n[nH]2)cc1. The maximum Gasteiger partial charge on any atom is 0.289 e. The number of carbonyl (C=O) groups is 1. The van der Waals surface area contributed by atoms with E-state index in [2.05, 4.69) is 20.7 Å². The lowest BCUT2D eigenvalue weighted by Crippen LogP contribution is -2.17. The van der Waals surface area contributed by atoms with Crippen molar-refractivity contribution in [2.75, 3.05) is 14.2 Å². The molecule has 8 nitrogen and oxygen atoms in total. The Balaban J connectivity index is 1.67. The Morgan fingerprint density at radius 3 is 2.50 bits per heavy atom. The molecule has 0 spiro atoms. The van der Waals surface area contributed by atoms with Gasteiger partial charge in [0.1, 0.15) is 11.4 Å². The van der Waals surface area contributed by atoms with Gasteiger partial charge in [0.05, 0.1) is 32.2 Å². The van der Waals surface area contributed by atoms with Gasteiger partial charge in [-0.05, 0) is 67.9 Å². The molecule has 1 amide bonds. The van der Waals surface area contributed by atoms with E-state index in [1.54, 1.807) is 26.5 Å². The first-order chi connectivity index (χ1) is 14.5. The molecule has 30 heavy (non-hydrogen) atoms. The molecule has 1 heterocycles. The number of H-pyrrole nitrogens is 1. The van der Waals surface area contributed by atoms with E-state index in [0.29, 0.717) is 22.9 Å². The van der Waals surface area contributed by atoms with Crippen LogP contribution >= 0.6 is 0 Å². The predicted molar refractivity (Wildman–Crippen MR) is 114 cm³/mol. The van der Waals surface area contributed by atoms with Crippen LogP contribution in [-0.2, 0) is 0 Å². The fraction of sp³-hybridized carbons (Fsp3) is 0.227. The molecule has 0 bridgehead atoms. The summed E-state index contributed by atoms with van der Waals surface area (Å²) in [4.78, 5) is 12.3. The normalized spacial score (nSPS) is 11.0. The Kier molecular flexibility index (Phi) is 6.69. The summed E-state index contributed by atoms with van der Waals surface area (Å²) in [6.45, 7) is 3.89. The van der Waals surface area contributed by atoms with E-state index in [4.69, 9.17) is 14.2 Å². The highest BCUT2D eigenvalue weighted by Gasteiger charge is 2.13. The number of rotatable bonds is 8. The summed E-state index contributed by atoms with van der Waals surface area (Å²) >= 11 is 0. The van der Waals surface area contributed by atoms with Gasteiger partial charge in [0, 0.05) is 5.56 Å². The molecule has 0 atom stereocenters. The van der Waals surface area contributed by atoms with Gasteiger partial charge in [0.2, 0.25) is 0 Å². The van der Waals surface area contributed by atoms with Crippen LogP contribution < -0.4 is 19.6 Å². The molecule has 0 saturated heterocycles. The van der Waals surface area contributed by atoms with Gasteiger partial charge >= 0.3 is 0 Å². The zero-order chi connectivity index (χ0) is 21.5. The molecule has 0 aliphatic heterocycles. The highest BCUT2D eigenvalue weighted by atomic mass is 16.5. The van der Waals surface area contributed by atoms with E-state index < -0.39 is 5.91 Å². The summed E-state index contributed by atoms with van der Waals surface area (Å²) in [5.74, 6) is 1.60. The molecule has 8 heteroatoms. The number of carbonyl (C=O) groups excluding carboxylic acids is 1. The molecule has 0 radical (unpaired) electrons. The van der Waals surface area contributed by atoms with Crippen molar-refractivity contribution in [2.24, 2.45) is 5.10 Å². The van der Waals surface area contributed by atoms with Crippen LogP contribution in [0.5, 0.6) is 17.2 Å². The van der Waals surface area contributed by atoms with Crippen LogP contribution in [0.3, 0.4) is 0 Å². The number of nitrogens with one attached hydrogen (secondary N) is 2. The second-order valence-corrected chi connectivity index (χ2v) is 6.67. The largest absolute Gasteiger partial charge is 0.497 e. The lowest BCUT2D eigenvalue weighted by molar-refractivity contribution is 0.0950. The standard InChI is InChI=1S/C22H24N4O4/c1-14(2)30-20-10-7-16(11-21(20)29-4)18-12-19(25-24-18)22(27)26-23-13-15-5-8-17(28-3)9-6-15/h5-14H,1-4H3,(H,24,25)(H,26,27). The van der Waals surface area contributed by atoms with Crippen molar-refractivity contribution in [1.29, 1.82) is 0 Å². The van der Waals surface area contributed by atoms with Gasteiger partial charge in [-0.2, -0.15) is 10.2 Å². The monoisotopic (exact) mass is 408 g/mol. The van der Waals surface area contributed by atoms with Gasteiger partial charge in [0.25, 0.3) is 5.91 Å². The van der Waals surface area contributed by atoms with Gasteiger partial charge in [-0.25, -0.2) is 5.43 Å². The number of aromatic nitrogens is 2. The predicted octanol–water partition coefficient (Wildman–Crippen LogP) is 3.65. The molecule has 0 fully saturated rings. The van der Waals surface area contributed by atoms with Crippen molar-refractivity contribution in [3.63, 3.8) is 0 Å². The maximum atomic E-state index is 12.3. The summed E-state index contributed by atoms with van der Waals surface area (Å²) in [7, 11) is 3.18. The summed E-state index contributed by atoms with van der Waals surface area (Å²) in [6, 6.07) is 14.5. The number of hydrogen-bond acceptors (Lipinski definition) is 6. The number of benzene rings is 2. The minimum absolute atomic E-state index is 0.0314. The van der Waals surface area contributed by atoms with Crippen LogP contribution in [0.4, 0.5) is 0 Å². The van der Waals surface area contributed by atoms with E-state index in [-0.39, 0.29) is 6.10 Å². The molecule has 0 aliphatic carbocycles. The van der Waals surface area contributed by atoms with Crippen molar-refractivity contribution < 1.29 is 19.0 Å². The zero-order valence-electron chi connectivity index (χ0n) is 17.3. The van der Waals surface area contributed by atoms with Crippen molar-refractivity contribution >= 4 is 12.1 Å². The smallest absolute Gasteiger partial charge is 0.289 e. The van der Waals surface area contributed by atoms with Crippen LogP contribution in [0.2, 0.25) is 0 Å². The fourth-order valence-corrected chi connectivity index (χ4v) is 2.68. The average molecular weight is 408 g/mol. The van der Waals surface area contributed by atoms with Crippen LogP contribution in [-0.4, -0.2) is 42.6 Å². The zero-order valence-corrected chi connectivity index (χ0v) is 17.3. The lowest BCUT2D eigenvalue weighted by atomic mass is 10.1. The third-order valence-corrected chi connectivity index (χ3v) is 4.14. The number of ether oxygens (including phenoxy) is 3. The summed E-state index contributed by atoms with van der Waals surface area (Å²) in [5.41, 5.74) is 5.00. The lowest BCUT2D eigenvalue weighted by Gasteiger charge is -2.14. The molecule has 0 aliphatic rings. The fourth-order valence-electron chi connectivity index (χ4n) is 2.68. The molecular formula is C22H24N4O4. The third-order valence-electron chi connectivity index (χ3n) is 4.14. The maximum absolute atomic E-state index is 12.3. The number of amides is 1. The van der Waals surface area contributed by atoms with Crippen molar-refractivity contribution in [2.45, 2.75) is 20.0 Å². The number of hydrogen-bond donors (Lipinski definition) is 2. The molecule has 2 N–H and O–H groups in total. The Hall–Kier alpha value is -3.81. The van der Waals surface area contributed by atoms with Crippen molar-refractivity contribution in [1.82, 2.24) is 15.6 Å². The molecule has 0 unspecified atom stereocenters. The Morgan fingerprint density at radius 2 is 1.83 bits per heavy atom. The van der Waals surface area contributed by atoms with Crippen molar-refractivity contribution in [3.8, 4) is 28.5 Å². The number of nitrogens with zero attached hydrogens (tertiary/aromatic N) is 2. The molecule has 3 aromatic rings. The Bertz CT molecular complexity index is 1030. The number of methoxy groups -OCH3 is 2. The first kappa shape index (κ1) is 20.9.